The second kappa shape index (κ2) is 7.17. The van der Waals surface area contributed by atoms with Gasteiger partial charge in [0.05, 0.1) is 0 Å². The van der Waals surface area contributed by atoms with Crippen LogP contribution in [-0.4, -0.2) is 42.7 Å². The largest absolute Gasteiger partial charge is 0.398 e. The summed E-state index contributed by atoms with van der Waals surface area (Å²) in [6.45, 7) is 3.44. The summed E-state index contributed by atoms with van der Waals surface area (Å²) >= 11 is 5.06. The van der Waals surface area contributed by atoms with E-state index in [2.05, 4.69) is 21.2 Å². The van der Waals surface area contributed by atoms with E-state index in [0.717, 1.165) is 47.0 Å². The Morgan fingerprint density at radius 2 is 2.16 bits per heavy atom. The Kier molecular flexibility index (Phi) is 5.54. The van der Waals surface area contributed by atoms with Crippen LogP contribution in [0, 0.1) is 0 Å². The first-order valence-corrected chi connectivity index (χ1v) is 8.11. The van der Waals surface area contributed by atoms with Gasteiger partial charge in [0.15, 0.2) is 0 Å². The summed E-state index contributed by atoms with van der Waals surface area (Å²) in [6, 6.07) is 5.80. The Labute approximate surface area is 126 Å². The third kappa shape index (κ3) is 4.40. The van der Waals surface area contributed by atoms with Crippen molar-refractivity contribution >= 4 is 39.3 Å². The van der Waals surface area contributed by atoms with Gasteiger partial charge >= 0.3 is 0 Å². The molecule has 1 aliphatic rings. The molecule has 3 N–H and O–H groups in total. The number of rotatable bonds is 4. The minimum Gasteiger partial charge on any atom is -0.398 e. The highest BCUT2D eigenvalue weighted by molar-refractivity contribution is 9.10. The first kappa shape index (κ1) is 14.7. The Morgan fingerprint density at radius 3 is 2.89 bits per heavy atom. The molecule has 0 aliphatic carbocycles. The van der Waals surface area contributed by atoms with Crippen molar-refractivity contribution in [3.63, 3.8) is 0 Å². The van der Waals surface area contributed by atoms with Crippen molar-refractivity contribution in [2.75, 3.05) is 37.7 Å². The molecule has 0 radical (unpaired) electrons. The average molecular weight is 344 g/mol. The molecule has 1 heterocycles. The van der Waals surface area contributed by atoms with E-state index in [-0.39, 0.29) is 5.91 Å². The lowest BCUT2D eigenvalue weighted by atomic mass is 10.3. The van der Waals surface area contributed by atoms with E-state index in [9.17, 15) is 4.79 Å². The van der Waals surface area contributed by atoms with Crippen molar-refractivity contribution in [1.29, 1.82) is 0 Å². The number of carbonyl (C=O) groups is 1. The fourth-order valence-electron chi connectivity index (χ4n) is 1.95. The molecule has 4 nitrogen and oxygen atoms in total. The van der Waals surface area contributed by atoms with Gasteiger partial charge in [-0.05, 0) is 18.2 Å². The van der Waals surface area contributed by atoms with Gasteiger partial charge in [-0.25, -0.2) is 0 Å². The zero-order valence-electron chi connectivity index (χ0n) is 10.7. The molecule has 0 unspecified atom stereocenters. The van der Waals surface area contributed by atoms with Gasteiger partial charge in [0.25, 0.3) is 0 Å². The molecular formula is C13H18BrN3OS. The molecule has 1 aliphatic heterocycles. The lowest BCUT2D eigenvalue weighted by Crippen LogP contribution is -2.46. The van der Waals surface area contributed by atoms with Crippen LogP contribution in [0.15, 0.2) is 27.6 Å². The number of piperazine rings is 1. The van der Waals surface area contributed by atoms with E-state index in [4.69, 9.17) is 5.73 Å². The summed E-state index contributed by atoms with van der Waals surface area (Å²) in [4.78, 5) is 14.9. The molecule has 0 saturated carbocycles. The molecule has 0 atom stereocenters. The topological polar surface area (TPSA) is 58.4 Å². The number of nitrogens with one attached hydrogen (secondary N) is 1. The standard InChI is InChI=1S/C13H18BrN3OS/c14-10-1-2-11(15)12(9-10)19-8-3-13(18)17-6-4-16-5-7-17/h1-2,9,16H,3-8,15H2. The SMILES string of the molecule is Nc1ccc(Br)cc1SCCC(=O)N1CCNCC1. The molecule has 0 spiro atoms. The summed E-state index contributed by atoms with van der Waals surface area (Å²) in [6.07, 6.45) is 0.566. The van der Waals surface area contributed by atoms with Crippen LogP contribution in [0.5, 0.6) is 0 Å². The lowest BCUT2D eigenvalue weighted by Gasteiger charge is -2.27. The quantitative estimate of drug-likeness (QED) is 0.648. The predicted octanol–water partition coefficient (Wildman–Crippen LogP) is 1.95. The summed E-state index contributed by atoms with van der Waals surface area (Å²) in [7, 11) is 0. The zero-order chi connectivity index (χ0) is 13.7. The van der Waals surface area contributed by atoms with Gasteiger partial charge in [-0.1, -0.05) is 15.9 Å². The van der Waals surface area contributed by atoms with Crippen LogP contribution in [-0.2, 0) is 4.79 Å². The van der Waals surface area contributed by atoms with Crippen molar-refractivity contribution in [1.82, 2.24) is 10.2 Å². The fraction of sp³-hybridized carbons (Fsp3) is 0.462. The van der Waals surface area contributed by atoms with Crippen LogP contribution in [0.3, 0.4) is 0 Å². The van der Waals surface area contributed by atoms with Crippen molar-refractivity contribution in [3.8, 4) is 0 Å². The monoisotopic (exact) mass is 343 g/mol. The van der Waals surface area contributed by atoms with E-state index < -0.39 is 0 Å². The Hall–Kier alpha value is -0.720. The van der Waals surface area contributed by atoms with E-state index in [1.165, 1.54) is 0 Å². The maximum atomic E-state index is 12.0. The molecule has 1 aromatic rings. The highest BCUT2D eigenvalue weighted by atomic mass is 79.9. The maximum Gasteiger partial charge on any atom is 0.223 e. The van der Waals surface area contributed by atoms with Gasteiger partial charge in [0, 0.05) is 53.4 Å². The minimum absolute atomic E-state index is 0.238. The lowest BCUT2D eigenvalue weighted by molar-refractivity contribution is -0.131. The number of hydrogen-bond acceptors (Lipinski definition) is 4. The van der Waals surface area contributed by atoms with Gasteiger partial charge in [-0.2, -0.15) is 0 Å². The summed E-state index contributed by atoms with van der Waals surface area (Å²) in [5.41, 5.74) is 6.67. The second-order valence-corrected chi connectivity index (χ2v) is 6.46. The molecule has 1 fully saturated rings. The first-order valence-electron chi connectivity index (χ1n) is 6.33. The van der Waals surface area contributed by atoms with Crippen molar-refractivity contribution in [2.45, 2.75) is 11.3 Å². The molecule has 6 heteroatoms. The Bertz CT molecular complexity index is 450. The number of carbonyl (C=O) groups excluding carboxylic acids is 1. The number of halogens is 1. The van der Waals surface area contributed by atoms with E-state index >= 15 is 0 Å². The number of benzene rings is 1. The van der Waals surface area contributed by atoms with E-state index in [1.807, 2.05) is 23.1 Å². The Morgan fingerprint density at radius 1 is 1.42 bits per heavy atom. The maximum absolute atomic E-state index is 12.0. The highest BCUT2D eigenvalue weighted by Gasteiger charge is 2.15. The number of nitrogen functional groups attached to an aromatic ring is 1. The minimum atomic E-state index is 0.238. The third-order valence-electron chi connectivity index (χ3n) is 3.02. The number of hydrogen-bond donors (Lipinski definition) is 2. The number of amides is 1. The average Bonchev–Trinajstić information content (AvgIpc) is 2.43. The van der Waals surface area contributed by atoms with Crippen LogP contribution < -0.4 is 11.1 Å². The molecule has 0 bridgehead atoms. The van der Waals surface area contributed by atoms with Crippen LogP contribution >= 0.6 is 27.7 Å². The van der Waals surface area contributed by atoms with Gasteiger partial charge in [0.2, 0.25) is 5.91 Å². The fourth-order valence-corrected chi connectivity index (χ4v) is 3.41. The molecular weight excluding hydrogens is 326 g/mol. The normalized spacial score (nSPS) is 15.5. The summed E-state index contributed by atoms with van der Waals surface area (Å²) in [5.74, 6) is 1.01. The number of nitrogens with two attached hydrogens (primary N) is 1. The van der Waals surface area contributed by atoms with Gasteiger partial charge < -0.3 is 16.0 Å². The van der Waals surface area contributed by atoms with E-state index in [0.29, 0.717) is 6.42 Å². The van der Waals surface area contributed by atoms with Crippen LogP contribution in [0.1, 0.15) is 6.42 Å². The molecule has 1 amide bonds. The molecule has 104 valence electrons. The van der Waals surface area contributed by atoms with Crippen molar-refractivity contribution in [3.05, 3.63) is 22.7 Å². The molecule has 1 aromatic carbocycles. The molecule has 1 saturated heterocycles. The highest BCUT2D eigenvalue weighted by Crippen LogP contribution is 2.28. The summed E-state index contributed by atoms with van der Waals surface area (Å²) in [5, 5.41) is 3.24. The number of nitrogens with zero attached hydrogens (tertiary/aromatic N) is 1. The molecule has 2 rings (SSSR count). The van der Waals surface area contributed by atoms with Gasteiger partial charge in [-0.15, -0.1) is 11.8 Å². The zero-order valence-corrected chi connectivity index (χ0v) is 13.1. The first-order chi connectivity index (χ1) is 9.16. The molecule has 19 heavy (non-hydrogen) atoms. The third-order valence-corrected chi connectivity index (χ3v) is 4.58. The van der Waals surface area contributed by atoms with Crippen LogP contribution in [0.2, 0.25) is 0 Å². The number of thioether (sulfide) groups is 1. The van der Waals surface area contributed by atoms with Gasteiger partial charge in [-0.3, -0.25) is 4.79 Å². The van der Waals surface area contributed by atoms with Crippen LogP contribution in [0.4, 0.5) is 5.69 Å². The van der Waals surface area contributed by atoms with Gasteiger partial charge in [0.1, 0.15) is 0 Å². The number of anilines is 1. The van der Waals surface area contributed by atoms with E-state index in [1.54, 1.807) is 11.8 Å². The van der Waals surface area contributed by atoms with Crippen molar-refractivity contribution in [2.24, 2.45) is 0 Å². The smallest absolute Gasteiger partial charge is 0.223 e. The molecule has 0 aromatic heterocycles. The Balaban J connectivity index is 1.79. The van der Waals surface area contributed by atoms with Crippen LogP contribution in [0.25, 0.3) is 0 Å². The summed E-state index contributed by atoms with van der Waals surface area (Å²) < 4.78 is 1.01. The second-order valence-electron chi connectivity index (χ2n) is 4.41. The predicted molar refractivity (Wildman–Crippen MR) is 83.3 cm³/mol. The van der Waals surface area contributed by atoms with Crippen molar-refractivity contribution < 1.29 is 4.79 Å².